The molecule has 52 heavy (non-hydrogen) atoms. The SMILES string of the molecule is C(=C(\c1ccccc1)c1ccc(-c2ccccc2)cc1)/c1ccc(-c2ccc(CC(c3ccccc3)c3ccc(-c4ccccc4)cc3)cc2)cc1. The first-order chi connectivity index (χ1) is 25.8. The van der Waals surface area contributed by atoms with Gasteiger partial charge in [-0.2, -0.15) is 0 Å². The zero-order valence-corrected chi connectivity index (χ0v) is 29.1. The molecule has 0 aromatic heterocycles. The highest BCUT2D eigenvalue weighted by Gasteiger charge is 2.16. The van der Waals surface area contributed by atoms with Crippen LogP contribution in [0.15, 0.2) is 218 Å². The Labute approximate surface area is 308 Å². The molecule has 0 heteroatoms. The van der Waals surface area contributed by atoms with Crippen molar-refractivity contribution in [3.8, 4) is 33.4 Å². The maximum atomic E-state index is 2.30. The molecule has 0 fully saturated rings. The molecular formula is C52H40. The molecule has 1 unspecified atom stereocenters. The third-order valence-corrected chi connectivity index (χ3v) is 9.96. The Kier molecular flexibility index (Phi) is 9.80. The molecule has 0 radical (unpaired) electrons. The van der Waals surface area contributed by atoms with Crippen LogP contribution in [0, 0.1) is 0 Å². The van der Waals surface area contributed by atoms with Gasteiger partial charge >= 0.3 is 0 Å². The highest BCUT2D eigenvalue weighted by Crippen LogP contribution is 2.33. The van der Waals surface area contributed by atoms with Gasteiger partial charge in [0, 0.05) is 5.92 Å². The lowest BCUT2D eigenvalue weighted by molar-refractivity contribution is 0.805. The van der Waals surface area contributed by atoms with Crippen molar-refractivity contribution in [1.29, 1.82) is 0 Å². The Hall–Kier alpha value is -6.50. The lowest BCUT2D eigenvalue weighted by atomic mass is 9.85. The van der Waals surface area contributed by atoms with Gasteiger partial charge in [-0.25, -0.2) is 0 Å². The van der Waals surface area contributed by atoms with E-state index < -0.39 is 0 Å². The summed E-state index contributed by atoms with van der Waals surface area (Å²) >= 11 is 0. The fourth-order valence-corrected chi connectivity index (χ4v) is 7.08. The van der Waals surface area contributed by atoms with Gasteiger partial charge in [-0.05, 0) is 84.8 Å². The molecule has 8 aromatic carbocycles. The molecule has 8 aromatic rings. The van der Waals surface area contributed by atoms with Gasteiger partial charge in [0.25, 0.3) is 0 Å². The highest BCUT2D eigenvalue weighted by atomic mass is 14.2. The molecule has 0 spiro atoms. The molecule has 0 aliphatic heterocycles. The molecular weight excluding hydrogens is 625 g/mol. The standard InChI is InChI=1S/C52H40/c1-5-13-41(14-6-1)45-29-33-49(34-30-45)51(47-17-9-3-10-18-47)37-39-21-25-43(26-22-39)44-27-23-40(24-28-44)38-52(48-19-11-4-12-20-48)50-35-31-46(32-36-50)42-15-7-2-8-16-42/h1-37,52H,38H2/b51-37-. The summed E-state index contributed by atoms with van der Waals surface area (Å²) < 4.78 is 0. The molecule has 0 aliphatic rings. The molecule has 1 atom stereocenters. The minimum absolute atomic E-state index is 0.274. The first-order valence-electron chi connectivity index (χ1n) is 18.1. The topological polar surface area (TPSA) is 0 Å². The Morgan fingerprint density at radius 3 is 1.21 bits per heavy atom. The molecule has 0 bridgehead atoms. The third kappa shape index (κ3) is 7.63. The maximum Gasteiger partial charge on any atom is 0.0130 e. The number of hydrogen-bond acceptors (Lipinski definition) is 0. The van der Waals surface area contributed by atoms with E-state index in [4.69, 9.17) is 0 Å². The minimum atomic E-state index is 0.274. The molecule has 0 heterocycles. The van der Waals surface area contributed by atoms with Crippen LogP contribution in [-0.2, 0) is 6.42 Å². The van der Waals surface area contributed by atoms with Crippen molar-refractivity contribution in [2.24, 2.45) is 0 Å². The molecule has 0 N–H and O–H groups in total. The largest absolute Gasteiger partial charge is 0.0622 e. The van der Waals surface area contributed by atoms with Crippen molar-refractivity contribution >= 4 is 11.6 Å². The maximum absolute atomic E-state index is 2.30. The molecule has 0 saturated carbocycles. The number of benzene rings is 8. The summed E-state index contributed by atoms with van der Waals surface area (Å²) in [6.45, 7) is 0. The fraction of sp³-hybridized carbons (Fsp3) is 0.0385. The van der Waals surface area contributed by atoms with Crippen LogP contribution in [0.2, 0.25) is 0 Å². The molecule has 8 rings (SSSR count). The van der Waals surface area contributed by atoms with E-state index in [0.29, 0.717) is 0 Å². The van der Waals surface area contributed by atoms with Crippen molar-refractivity contribution in [3.63, 3.8) is 0 Å². The van der Waals surface area contributed by atoms with Crippen LogP contribution in [0.5, 0.6) is 0 Å². The first-order valence-corrected chi connectivity index (χ1v) is 18.1. The van der Waals surface area contributed by atoms with Gasteiger partial charge in [0.1, 0.15) is 0 Å². The summed E-state index contributed by atoms with van der Waals surface area (Å²) in [5.41, 5.74) is 16.2. The van der Waals surface area contributed by atoms with E-state index in [0.717, 1.165) is 6.42 Å². The third-order valence-electron chi connectivity index (χ3n) is 9.96. The molecule has 0 saturated heterocycles. The van der Waals surface area contributed by atoms with Gasteiger partial charge in [-0.3, -0.25) is 0 Å². The van der Waals surface area contributed by atoms with Gasteiger partial charge in [-0.15, -0.1) is 0 Å². The average molecular weight is 665 g/mol. The molecule has 248 valence electrons. The Morgan fingerprint density at radius 2 is 0.692 bits per heavy atom. The van der Waals surface area contributed by atoms with Crippen LogP contribution in [0.4, 0.5) is 0 Å². The van der Waals surface area contributed by atoms with Crippen molar-refractivity contribution in [1.82, 2.24) is 0 Å². The van der Waals surface area contributed by atoms with Crippen LogP contribution in [0.1, 0.15) is 39.3 Å². The van der Waals surface area contributed by atoms with Crippen LogP contribution >= 0.6 is 0 Å². The predicted octanol–water partition coefficient (Wildman–Crippen LogP) is 13.7. The van der Waals surface area contributed by atoms with Crippen LogP contribution in [-0.4, -0.2) is 0 Å². The highest BCUT2D eigenvalue weighted by molar-refractivity contribution is 5.92. The fourth-order valence-electron chi connectivity index (χ4n) is 7.08. The lowest BCUT2D eigenvalue weighted by Gasteiger charge is -2.19. The number of rotatable bonds is 10. The van der Waals surface area contributed by atoms with Crippen molar-refractivity contribution < 1.29 is 0 Å². The number of hydrogen-bond donors (Lipinski definition) is 0. The van der Waals surface area contributed by atoms with Crippen molar-refractivity contribution in [3.05, 3.63) is 252 Å². The van der Waals surface area contributed by atoms with E-state index in [1.165, 1.54) is 72.3 Å². The normalized spacial score (nSPS) is 12.0. The molecule has 0 aliphatic carbocycles. The minimum Gasteiger partial charge on any atom is -0.0622 e. The van der Waals surface area contributed by atoms with E-state index in [-0.39, 0.29) is 5.92 Å². The second-order valence-electron chi connectivity index (χ2n) is 13.3. The van der Waals surface area contributed by atoms with Gasteiger partial charge < -0.3 is 0 Å². The Bertz CT molecular complexity index is 2340. The van der Waals surface area contributed by atoms with Gasteiger partial charge in [0.05, 0.1) is 0 Å². The zero-order valence-electron chi connectivity index (χ0n) is 29.1. The second-order valence-corrected chi connectivity index (χ2v) is 13.3. The quantitative estimate of drug-likeness (QED) is 0.128. The molecule has 0 nitrogen and oxygen atoms in total. The van der Waals surface area contributed by atoms with E-state index in [9.17, 15) is 0 Å². The van der Waals surface area contributed by atoms with E-state index in [1.54, 1.807) is 0 Å². The van der Waals surface area contributed by atoms with Gasteiger partial charge in [-0.1, -0.05) is 218 Å². The van der Waals surface area contributed by atoms with E-state index >= 15 is 0 Å². The van der Waals surface area contributed by atoms with Gasteiger partial charge in [0.15, 0.2) is 0 Å². The van der Waals surface area contributed by atoms with Crippen molar-refractivity contribution in [2.75, 3.05) is 0 Å². The van der Waals surface area contributed by atoms with Crippen molar-refractivity contribution in [2.45, 2.75) is 12.3 Å². The van der Waals surface area contributed by atoms with Crippen LogP contribution < -0.4 is 0 Å². The summed E-state index contributed by atoms with van der Waals surface area (Å²) in [7, 11) is 0. The molecule has 0 amide bonds. The summed E-state index contributed by atoms with van der Waals surface area (Å²) in [4.78, 5) is 0. The lowest BCUT2D eigenvalue weighted by Crippen LogP contribution is -2.05. The zero-order chi connectivity index (χ0) is 35.0. The monoisotopic (exact) mass is 664 g/mol. The van der Waals surface area contributed by atoms with Crippen LogP contribution in [0.3, 0.4) is 0 Å². The van der Waals surface area contributed by atoms with Gasteiger partial charge in [0.2, 0.25) is 0 Å². The summed E-state index contributed by atoms with van der Waals surface area (Å²) in [5.74, 6) is 0.274. The first kappa shape index (κ1) is 32.7. The summed E-state index contributed by atoms with van der Waals surface area (Å²) in [6, 6.07) is 78.8. The smallest absolute Gasteiger partial charge is 0.0130 e. The Morgan fingerprint density at radius 1 is 0.327 bits per heavy atom. The summed E-state index contributed by atoms with van der Waals surface area (Å²) in [5, 5.41) is 0. The van der Waals surface area contributed by atoms with Crippen LogP contribution in [0.25, 0.3) is 45.0 Å². The summed E-state index contributed by atoms with van der Waals surface area (Å²) in [6.07, 6.45) is 3.24. The average Bonchev–Trinajstić information content (AvgIpc) is 3.24. The predicted molar refractivity (Wildman–Crippen MR) is 221 cm³/mol. The Balaban J connectivity index is 1.02. The second kappa shape index (κ2) is 15.6. The van der Waals surface area contributed by atoms with E-state index in [2.05, 4.69) is 224 Å². The van der Waals surface area contributed by atoms with E-state index in [1.807, 2.05) is 0 Å².